The second-order valence-corrected chi connectivity index (χ2v) is 7.56. The Kier molecular flexibility index (Phi) is 7.46. The van der Waals surface area contributed by atoms with Gasteiger partial charge < -0.3 is 15.3 Å². The molecule has 144 valence electrons. The molecule has 0 aliphatic carbocycles. The van der Waals surface area contributed by atoms with Gasteiger partial charge in [-0.15, -0.1) is 5.06 Å². The van der Waals surface area contributed by atoms with E-state index in [1.807, 2.05) is 0 Å². The summed E-state index contributed by atoms with van der Waals surface area (Å²) in [6.07, 6.45) is -0.540. The molecule has 0 radical (unpaired) electrons. The Morgan fingerprint density at radius 3 is 2.37 bits per heavy atom. The van der Waals surface area contributed by atoms with Gasteiger partial charge in [0.1, 0.15) is 6.61 Å². The molecule has 1 unspecified atom stereocenters. The van der Waals surface area contributed by atoms with Crippen LogP contribution in [0.2, 0.25) is 10.0 Å². The lowest BCUT2D eigenvalue weighted by atomic mass is 10.2. The van der Waals surface area contributed by atoms with E-state index in [-0.39, 0.29) is 13.2 Å². The van der Waals surface area contributed by atoms with Crippen LogP contribution in [-0.2, 0) is 33.5 Å². The number of hydrogen-bond acceptors (Lipinski definition) is 5. The number of ether oxygens (including phenoxy) is 1. The highest BCUT2D eigenvalue weighted by atomic mass is 35.5. The topological polar surface area (TPSA) is 98.9 Å². The van der Waals surface area contributed by atoms with E-state index in [4.69, 9.17) is 38.5 Å². The van der Waals surface area contributed by atoms with Crippen molar-refractivity contribution in [1.82, 2.24) is 5.06 Å². The third-order valence-corrected chi connectivity index (χ3v) is 4.87. The number of nitrogens with zero attached hydrogens (tertiary/aromatic N) is 1. The van der Waals surface area contributed by atoms with Crippen LogP contribution in [-0.4, -0.2) is 27.7 Å². The van der Waals surface area contributed by atoms with Gasteiger partial charge in [-0.25, -0.2) is 9.59 Å². The zero-order valence-electron chi connectivity index (χ0n) is 14.2. The number of hydroxylamine groups is 2. The fraction of sp³-hybridized carbons (Fsp3) is 0.176. The average molecular weight is 431 g/mol. The first-order chi connectivity index (χ1) is 12.8. The molecule has 7 nitrogen and oxygen atoms in total. The van der Waals surface area contributed by atoms with E-state index in [0.717, 1.165) is 0 Å². The number of hydrogen-bond donors (Lipinski definition) is 1. The minimum absolute atomic E-state index is 0.104. The van der Waals surface area contributed by atoms with E-state index in [1.165, 1.54) is 6.07 Å². The Hall–Kier alpha value is -2.29. The summed E-state index contributed by atoms with van der Waals surface area (Å²) in [5, 5.41) is 1.47. The number of nitrogens with two attached hydrogens (primary N) is 1. The molecule has 2 rings (SSSR count). The molecule has 0 spiro atoms. The number of amides is 2. The van der Waals surface area contributed by atoms with Crippen LogP contribution < -0.4 is 5.73 Å². The number of halogens is 2. The summed E-state index contributed by atoms with van der Waals surface area (Å²) >= 11 is 11.8. The van der Waals surface area contributed by atoms with Gasteiger partial charge in [-0.3, -0.25) is 4.21 Å². The molecule has 27 heavy (non-hydrogen) atoms. The lowest BCUT2D eigenvalue weighted by molar-refractivity contribution is -0.0882. The smallest absolute Gasteiger partial charge is 0.442 e. The van der Waals surface area contributed by atoms with Crippen LogP contribution in [0.5, 0.6) is 0 Å². The molecule has 2 aromatic carbocycles. The maximum absolute atomic E-state index is 12.3. The first-order valence-corrected chi connectivity index (χ1v) is 9.85. The SMILES string of the molecule is CS(=O)c1ccc(CN(OC(N)=O)C(=O)OCc2ccc(Cl)cc2Cl)cc1. The summed E-state index contributed by atoms with van der Waals surface area (Å²) in [6.45, 7) is -0.256. The van der Waals surface area contributed by atoms with Gasteiger partial charge in [0.05, 0.1) is 6.54 Å². The van der Waals surface area contributed by atoms with Gasteiger partial charge in [-0.2, -0.15) is 0 Å². The lowest BCUT2D eigenvalue weighted by Crippen LogP contribution is -2.35. The molecule has 2 amide bonds. The highest BCUT2D eigenvalue weighted by Gasteiger charge is 2.20. The van der Waals surface area contributed by atoms with Crippen molar-refractivity contribution >= 4 is 46.2 Å². The van der Waals surface area contributed by atoms with E-state index in [1.54, 1.807) is 42.7 Å². The summed E-state index contributed by atoms with van der Waals surface area (Å²) in [5.74, 6) is 0. The number of carbonyl (C=O) groups excluding carboxylic acids is 2. The van der Waals surface area contributed by atoms with E-state index >= 15 is 0 Å². The van der Waals surface area contributed by atoms with E-state index in [9.17, 15) is 13.8 Å². The van der Waals surface area contributed by atoms with Gasteiger partial charge in [0, 0.05) is 37.6 Å². The third-order valence-electron chi connectivity index (χ3n) is 3.35. The highest BCUT2D eigenvalue weighted by molar-refractivity contribution is 7.84. The molecule has 0 heterocycles. The molecule has 0 saturated heterocycles. The molecule has 0 aliphatic heterocycles. The molecule has 0 aliphatic rings. The Morgan fingerprint density at radius 2 is 1.81 bits per heavy atom. The van der Waals surface area contributed by atoms with Crippen LogP contribution in [0.3, 0.4) is 0 Å². The summed E-state index contributed by atoms with van der Waals surface area (Å²) in [7, 11) is -1.13. The van der Waals surface area contributed by atoms with Gasteiger partial charge in [0.25, 0.3) is 0 Å². The largest absolute Gasteiger partial charge is 0.444 e. The summed E-state index contributed by atoms with van der Waals surface area (Å²) < 4.78 is 16.5. The van der Waals surface area contributed by atoms with Crippen molar-refractivity contribution in [3.05, 3.63) is 63.6 Å². The minimum Gasteiger partial charge on any atom is -0.442 e. The summed E-state index contributed by atoms with van der Waals surface area (Å²) in [4.78, 5) is 28.7. The van der Waals surface area contributed by atoms with Crippen LogP contribution in [0.1, 0.15) is 11.1 Å². The molecular formula is C17H16Cl2N2O5S. The molecule has 0 saturated carbocycles. The molecule has 10 heteroatoms. The second kappa shape index (κ2) is 9.59. The summed E-state index contributed by atoms with van der Waals surface area (Å²) in [5.41, 5.74) is 6.16. The van der Waals surface area contributed by atoms with Gasteiger partial charge in [-0.05, 0) is 29.8 Å². The minimum atomic E-state index is -1.16. The standard InChI is InChI=1S/C17H16Cl2N2O5S/c1-27(24)14-6-2-11(3-7-14)9-21(26-16(20)22)17(23)25-10-12-4-5-13(18)8-15(12)19/h2-8H,9-10H2,1H3,(H2,20,22). The van der Waals surface area contributed by atoms with Crippen molar-refractivity contribution < 1.29 is 23.4 Å². The number of carbonyl (C=O) groups is 2. The molecule has 0 bridgehead atoms. The van der Waals surface area contributed by atoms with Crippen molar-refractivity contribution in [3.8, 4) is 0 Å². The van der Waals surface area contributed by atoms with Gasteiger partial charge in [0.2, 0.25) is 0 Å². The zero-order chi connectivity index (χ0) is 20.0. The molecule has 2 N–H and O–H groups in total. The predicted octanol–water partition coefficient (Wildman–Crippen LogP) is 3.88. The predicted molar refractivity (Wildman–Crippen MR) is 102 cm³/mol. The Bertz CT molecular complexity index is 861. The first kappa shape index (κ1) is 21.0. The molecule has 1 atom stereocenters. The lowest BCUT2D eigenvalue weighted by Gasteiger charge is -2.20. The van der Waals surface area contributed by atoms with Gasteiger partial charge in [0.15, 0.2) is 0 Å². The van der Waals surface area contributed by atoms with Crippen LogP contribution >= 0.6 is 23.2 Å². The zero-order valence-corrected chi connectivity index (χ0v) is 16.5. The molecule has 0 fully saturated rings. The van der Waals surface area contributed by atoms with E-state index in [2.05, 4.69) is 0 Å². The Balaban J connectivity index is 2.06. The van der Waals surface area contributed by atoms with Crippen molar-refractivity contribution in [3.63, 3.8) is 0 Å². The second-order valence-electron chi connectivity index (χ2n) is 5.34. The monoisotopic (exact) mass is 430 g/mol. The fourth-order valence-electron chi connectivity index (χ4n) is 2.05. The van der Waals surface area contributed by atoms with Crippen LogP contribution in [0, 0.1) is 0 Å². The number of primary amides is 1. The third kappa shape index (κ3) is 6.42. The maximum atomic E-state index is 12.3. The average Bonchev–Trinajstić information content (AvgIpc) is 2.60. The highest BCUT2D eigenvalue weighted by Crippen LogP contribution is 2.22. The van der Waals surface area contributed by atoms with Crippen molar-refractivity contribution in [2.24, 2.45) is 5.73 Å². The maximum Gasteiger partial charge on any atom is 0.444 e. The quantitative estimate of drug-likeness (QED) is 0.725. The van der Waals surface area contributed by atoms with Gasteiger partial charge in [-0.1, -0.05) is 41.4 Å². The van der Waals surface area contributed by atoms with Gasteiger partial charge >= 0.3 is 12.2 Å². The normalized spacial score (nSPS) is 11.5. The van der Waals surface area contributed by atoms with Crippen LogP contribution in [0.25, 0.3) is 0 Å². The number of rotatable bonds is 5. The van der Waals surface area contributed by atoms with Crippen molar-refractivity contribution in [2.45, 2.75) is 18.0 Å². The molecular weight excluding hydrogens is 415 g/mol. The van der Waals surface area contributed by atoms with Crippen LogP contribution in [0.15, 0.2) is 47.4 Å². The van der Waals surface area contributed by atoms with E-state index < -0.39 is 23.0 Å². The van der Waals surface area contributed by atoms with Crippen molar-refractivity contribution in [1.29, 1.82) is 0 Å². The Labute approximate surface area is 168 Å². The molecule has 0 aromatic heterocycles. The number of benzene rings is 2. The summed E-state index contributed by atoms with van der Waals surface area (Å²) in [6, 6.07) is 11.3. The molecule has 2 aromatic rings. The van der Waals surface area contributed by atoms with Crippen LogP contribution in [0.4, 0.5) is 9.59 Å². The Morgan fingerprint density at radius 1 is 1.15 bits per heavy atom. The van der Waals surface area contributed by atoms with E-state index in [0.29, 0.717) is 31.1 Å². The fourth-order valence-corrected chi connectivity index (χ4v) is 3.03. The van der Waals surface area contributed by atoms with Crippen molar-refractivity contribution in [2.75, 3.05) is 6.26 Å². The first-order valence-electron chi connectivity index (χ1n) is 7.54.